The van der Waals surface area contributed by atoms with Gasteiger partial charge in [0.1, 0.15) is 0 Å². The monoisotopic (exact) mass is 466 g/mol. The maximum atomic E-state index is 12.8. The number of rotatable bonds is 2. The Labute approximate surface area is 181 Å². The van der Waals surface area contributed by atoms with Gasteiger partial charge in [-0.2, -0.15) is 0 Å². The highest BCUT2D eigenvalue weighted by Crippen LogP contribution is 2.63. The van der Waals surface area contributed by atoms with Crippen LogP contribution in [0, 0.1) is 28.6 Å². The molecule has 0 aromatic rings. The Bertz CT molecular complexity index is 801. The van der Waals surface area contributed by atoms with Crippen molar-refractivity contribution < 1.29 is 23.8 Å². The van der Waals surface area contributed by atoms with Crippen molar-refractivity contribution in [2.75, 3.05) is 7.11 Å². The van der Waals surface area contributed by atoms with Crippen LogP contribution in [0.2, 0.25) is 0 Å². The zero-order chi connectivity index (χ0) is 21.2. The minimum atomic E-state index is -0.619. The Morgan fingerprint density at radius 1 is 1.28 bits per heavy atom. The van der Waals surface area contributed by atoms with E-state index in [1.807, 2.05) is 6.92 Å². The lowest BCUT2D eigenvalue weighted by atomic mass is 9.48. The molecule has 160 valence electrons. The summed E-state index contributed by atoms with van der Waals surface area (Å²) in [6.45, 7) is 8.54. The summed E-state index contributed by atoms with van der Waals surface area (Å²) < 4.78 is 17.8. The predicted octanol–water partition coefficient (Wildman–Crippen LogP) is 5.53. The molecule has 0 amide bonds. The quantitative estimate of drug-likeness (QED) is 0.500. The van der Waals surface area contributed by atoms with Gasteiger partial charge in [0, 0.05) is 4.48 Å². The van der Waals surface area contributed by atoms with Gasteiger partial charge in [-0.25, -0.2) is 4.79 Å². The molecule has 0 aromatic heterocycles. The summed E-state index contributed by atoms with van der Waals surface area (Å²) in [5, 5.41) is 0. The Morgan fingerprint density at radius 2 is 2.00 bits per heavy atom. The number of hydrogen-bond donors (Lipinski definition) is 0. The van der Waals surface area contributed by atoms with Crippen LogP contribution >= 0.6 is 15.9 Å². The lowest BCUT2D eigenvalue weighted by molar-refractivity contribution is -0.163. The van der Waals surface area contributed by atoms with E-state index in [1.54, 1.807) is 0 Å². The summed E-state index contributed by atoms with van der Waals surface area (Å²) in [4.78, 5) is 25.1. The molecule has 0 radical (unpaired) electrons. The Morgan fingerprint density at radius 3 is 2.66 bits per heavy atom. The normalized spacial score (nSPS) is 43.7. The van der Waals surface area contributed by atoms with E-state index in [1.165, 1.54) is 7.11 Å². The standard InChI is InChI=1S/C23H31BrO5/c1-13(2)23-12-9-14-17(18(23)28-20(26)29-23)15(24)7-8-16-21(14,3)10-6-11-22(16,4)19(25)27-5/h7-8,13-14,16,18H,6,9-12H2,1-5H3/t14-,16+,18-,21+,22+,23-/m0/s1. The molecule has 3 aliphatic carbocycles. The van der Waals surface area contributed by atoms with Gasteiger partial charge in [0.05, 0.1) is 12.5 Å². The second kappa shape index (κ2) is 6.86. The number of carbonyl (C=O) groups excluding carboxylic acids is 2. The third-order valence-electron chi connectivity index (χ3n) is 8.36. The van der Waals surface area contributed by atoms with E-state index in [0.29, 0.717) is 0 Å². The first-order valence-electron chi connectivity index (χ1n) is 10.7. The number of fused-ring (bicyclic) bond motifs is 5. The van der Waals surface area contributed by atoms with Gasteiger partial charge in [-0.3, -0.25) is 4.79 Å². The molecule has 5 nitrogen and oxygen atoms in total. The molecule has 1 saturated heterocycles. The maximum Gasteiger partial charge on any atom is 0.509 e. The van der Waals surface area contributed by atoms with Crippen LogP contribution in [0.25, 0.3) is 0 Å². The third-order valence-corrected chi connectivity index (χ3v) is 9.08. The molecule has 6 heteroatoms. The summed E-state index contributed by atoms with van der Waals surface area (Å²) in [5.74, 6) is 0.263. The summed E-state index contributed by atoms with van der Waals surface area (Å²) in [7, 11) is 1.48. The second-order valence-electron chi connectivity index (χ2n) is 9.96. The number of methoxy groups -OCH3 is 1. The molecule has 4 rings (SSSR count). The van der Waals surface area contributed by atoms with Crippen LogP contribution in [0.5, 0.6) is 0 Å². The molecule has 4 aliphatic rings. The molecular formula is C23H31BrO5. The van der Waals surface area contributed by atoms with E-state index in [2.05, 4.69) is 48.9 Å². The highest BCUT2D eigenvalue weighted by molar-refractivity contribution is 9.11. The summed E-state index contributed by atoms with van der Waals surface area (Å²) >= 11 is 3.79. The van der Waals surface area contributed by atoms with Crippen LogP contribution in [-0.2, 0) is 19.0 Å². The van der Waals surface area contributed by atoms with Gasteiger partial charge in [-0.1, -0.05) is 55.3 Å². The van der Waals surface area contributed by atoms with E-state index in [-0.39, 0.29) is 29.1 Å². The lowest BCUT2D eigenvalue weighted by Gasteiger charge is -2.55. The first-order chi connectivity index (χ1) is 13.6. The van der Waals surface area contributed by atoms with Gasteiger partial charge in [0.25, 0.3) is 0 Å². The van der Waals surface area contributed by atoms with Gasteiger partial charge in [-0.15, -0.1) is 0 Å². The number of ether oxygens (including phenoxy) is 3. The minimum absolute atomic E-state index is 0.0517. The molecule has 1 heterocycles. The van der Waals surface area contributed by atoms with Crippen molar-refractivity contribution in [2.45, 2.75) is 71.5 Å². The molecule has 0 bridgehead atoms. The van der Waals surface area contributed by atoms with Crippen LogP contribution in [0.4, 0.5) is 4.79 Å². The lowest BCUT2D eigenvalue weighted by Crippen LogP contribution is -2.56. The van der Waals surface area contributed by atoms with E-state index < -0.39 is 23.3 Å². The van der Waals surface area contributed by atoms with E-state index in [4.69, 9.17) is 14.2 Å². The number of halogens is 1. The molecule has 0 spiro atoms. The molecule has 6 atom stereocenters. The molecule has 0 aromatic carbocycles. The van der Waals surface area contributed by atoms with Gasteiger partial charge >= 0.3 is 12.1 Å². The highest BCUT2D eigenvalue weighted by Gasteiger charge is 2.64. The largest absolute Gasteiger partial charge is 0.509 e. The Hall–Kier alpha value is -1.30. The van der Waals surface area contributed by atoms with Crippen LogP contribution < -0.4 is 0 Å². The van der Waals surface area contributed by atoms with E-state index in [0.717, 1.165) is 42.2 Å². The minimum Gasteiger partial charge on any atom is -0.469 e. The maximum absolute atomic E-state index is 12.8. The number of hydrogen-bond acceptors (Lipinski definition) is 5. The van der Waals surface area contributed by atoms with Gasteiger partial charge in [-0.05, 0) is 61.3 Å². The second-order valence-corrected chi connectivity index (χ2v) is 10.8. The third kappa shape index (κ3) is 2.77. The van der Waals surface area contributed by atoms with Crippen molar-refractivity contribution in [2.24, 2.45) is 28.6 Å². The van der Waals surface area contributed by atoms with E-state index in [9.17, 15) is 9.59 Å². The van der Waals surface area contributed by atoms with Crippen LogP contribution in [0.3, 0.4) is 0 Å². The fraction of sp³-hybridized carbons (Fsp3) is 0.739. The molecule has 29 heavy (non-hydrogen) atoms. The fourth-order valence-electron chi connectivity index (χ4n) is 6.77. The topological polar surface area (TPSA) is 61.8 Å². The van der Waals surface area contributed by atoms with Crippen molar-refractivity contribution in [3.63, 3.8) is 0 Å². The molecule has 2 saturated carbocycles. The number of allylic oxidation sites excluding steroid dienone is 3. The SMILES string of the molecule is COC(=O)[C@]1(C)CCC[C@@]2(C)[C@H]1C=CC(Br)=C1[C@@H]2CC[C@@]2(C(C)C)OC(=O)O[C@@H]12. The number of carbonyl (C=O) groups is 2. The van der Waals surface area contributed by atoms with Crippen molar-refractivity contribution >= 4 is 28.1 Å². The molecule has 0 N–H and O–H groups in total. The molecular weight excluding hydrogens is 436 g/mol. The number of esters is 1. The van der Waals surface area contributed by atoms with Crippen molar-refractivity contribution in [3.05, 3.63) is 22.2 Å². The van der Waals surface area contributed by atoms with Crippen molar-refractivity contribution in [1.82, 2.24) is 0 Å². The summed E-state index contributed by atoms with van der Waals surface area (Å²) in [5.41, 5.74) is -0.185. The molecule has 0 unspecified atom stereocenters. The van der Waals surface area contributed by atoms with Crippen LogP contribution in [0.1, 0.15) is 59.8 Å². The predicted molar refractivity (Wildman–Crippen MR) is 112 cm³/mol. The first kappa shape index (κ1) is 21.0. The van der Waals surface area contributed by atoms with Gasteiger partial charge in [0.15, 0.2) is 11.7 Å². The molecule has 1 aliphatic heterocycles. The Kier molecular flexibility index (Phi) is 4.96. The van der Waals surface area contributed by atoms with Crippen LogP contribution in [-0.4, -0.2) is 30.9 Å². The zero-order valence-corrected chi connectivity index (χ0v) is 19.5. The zero-order valence-electron chi connectivity index (χ0n) is 17.9. The van der Waals surface area contributed by atoms with Gasteiger partial charge < -0.3 is 14.2 Å². The van der Waals surface area contributed by atoms with E-state index >= 15 is 0 Å². The van der Waals surface area contributed by atoms with Crippen molar-refractivity contribution in [1.29, 1.82) is 0 Å². The highest BCUT2D eigenvalue weighted by atomic mass is 79.9. The average molecular weight is 467 g/mol. The van der Waals surface area contributed by atoms with Gasteiger partial charge in [0.2, 0.25) is 0 Å². The average Bonchev–Trinajstić information content (AvgIpc) is 2.97. The smallest absolute Gasteiger partial charge is 0.469 e. The van der Waals surface area contributed by atoms with Crippen LogP contribution in [0.15, 0.2) is 22.2 Å². The summed E-state index contributed by atoms with van der Waals surface area (Å²) in [6, 6.07) is 0. The molecule has 3 fully saturated rings. The van der Waals surface area contributed by atoms with Crippen molar-refractivity contribution in [3.8, 4) is 0 Å². The first-order valence-corrected chi connectivity index (χ1v) is 11.5. The Balaban J connectivity index is 1.82. The fourth-order valence-corrected chi connectivity index (χ4v) is 7.41. The summed E-state index contributed by atoms with van der Waals surface area (Å²) in [6.07, 6.45) is 7.77.